The zero-order chi connectivity index (χ0) is 15.5. The zero-order valence-corrected chi connectivity index (χ0v) is 10.8. The molecule has 5 heteroatoms. The number of benzene rings is 2. The quantitative estimate of drug-likeness (QED) is 0.801. The number of halogens is 3. The zero-order valence-electron chi connectivity index (χ0n) is 10.8. The Morgan fingerprint density at radius 2 is 1.67 bits per heavy atom. The van der Waals surface area contributed by atoms with Gasteiger partial charge in [-0.1, -0.05) is 36.4 Å². The third kappa shape index (κ3) is 3.29. The van der Waals surface area contributed by atoms with Crippen molar-refractivity contribution in [2.24, 2.45) is 0 Å². The lowest BCUT2D eigenvalue weighted by molar-refractivity contribution is -0.137. The van der Waals surface area contributed by atoms with Gasteiger partial charge in [-0.25, -0.2) is 0 Å². The summed E-state index contributed by atoms with van der Waals surface area (Å²) in [6.07, 6.45) is -4.82. The number of Topliss-reactive ketones (excluding diaryl/α,β-unsaturated/α-hetero) is 1. The van der Waals surface area contributed by atoms with Crippen LogP contribution in [-0.4, -0.2) is 5.78 Å². The van der Waals surface area contributed by atoms with Crippen LogP contribution in [0.2, 0.25) is 0 Å². The Morgan fingerprint density at radius 1 is 1.05 bits per heavy atom. The Labute approximate surface area is 119 Å². The molecule has 0 aliphatic heterocycles. The lowest BCUT2D eigenvalue weighted by atomic mass is 9.96. The number of rotatable bonds is 3. The molecule has 0 atom stereocenters. The molecule has 0 aliphatic rings. The van der Waals surface area contributed by atoms with Crippen LogP contribution in [-0.2, 0) is 12.6 Å². The first kappa shape index (κ1) is 14.8. The minimum atomic E-state index is -4.58. The first-order valence-corrected chi connectivity index (χ1v) is 6.11. The molecule has 21 heavy (non-hydrogen) atoms. The van der Waals surface area contributed by atoms with E-state index in [2.05, 4.69) is 0 Å². The summed E-state index contributed by atoms with van der Waals surface area (Å²) in [6, 6.07) is 12.9. The molecule has 0 saturated heterocycles. The summed E-state index contributed by atoms with van der Waals surface area (Å²) < 4.78 is 38.7. The molecule has 0 spiro atoms. The van der Waals surface area contributed by atoms with Gasteiger partial charge >= 0.3 is 6.18 Å². The van der Waals surface area contributed by atoms with E-state index in [9.17, 15) is 18.0 Å². The molecule has 106 valence electrons. The third-order valence-electron chi connectivity index (χ3n) is 3.02. The van der Waals surface area contributed by atoms with Crippen molar-refractivity contribution >= 4 is 5.78 Å². The second kappa shape index (κ2) is 5.80. The number of carbonyl (C=O) groups excluding carboxylic acids is 1. The lowest BCUT2D eigenvalue weighted by Gasteiger charge is -2.12. The fraction of sp³-hybridized carbons (Fsp3) is 0.125. The van der Waals surface area contributed by atoms with E-state index in [-0.39, 0.29) is 17.5 Å². The van der Waals surface area contributed by atoms with Gasteiger partial charge in [0.25, 0.3) is 0 Å². The molecule has 0 aliphatic carbocycles. The average Bonchev–Trinajstić information content (AvgIpc) is 2.47. The van der Waals surface area contributed by atoms with Crippen LogP contribution >= 0.6 is 0 Å². The van der Waals surface area contributed by atoms with E-state index in [4.69, 9.17) is 5.26 Å². The highest BCUT2D eigenvalue weighted by Crippen LogP contribution is 2.32. The van der Waals surface area contributed by atoms with Gasteiger partial charge in [-0.05, 0) is 17.7 Å². The number of alkyl halides is 3. The van der Waals surface area contributed by atoms with Crippen LogP contribution in [0.1, 0.15) is 27.0 Å². The number of nitriles is 1. The maximum atomic E-state index is 12.9. The molecule has 0 bridgehead atoms. The molecule has 0 unspecified atom stereocenters. The van der Waals surface area contributed by atoms with Gasteiger partial charge < -0.3 is 0 Å². The molecular formula is C16H10F3NO. The van der Waals surface area contributed by atoms with Crippen LogP contribution in [0.15, 0.2) is 48.5 Å². The van der Waals surface area contributed by atoms with Crippen LogP contribution in [0.4, 0.5) is 13.2 Å². The Balaban J connectivity index is 2.37. The fourth-order valence-corrected chi connectivity index (χ4v) is 2.03. The average molecular weight is 289 g/mol. The third-order valence-corrected chi connectivity index (χ3v) is 3.02. The highest BCUT2D eigenvalue weighted by molar-refractivity contribution is 5.99. The Morgan fingerprint density at radius 3 is 2.33 bits per heavy atom. The van der Waals surface area contributed by atoms with Crippen LogP contribution in [0.25, 0.3) is 0 Å². The van der Waals surface area contributed by atoms with E-state index in [0.717, 1.165) is 12.1 Å². The maximum absolute atomic E-state index is 12.9. The van der Waals surface area contributed by atoms with Crippen LogP contribution in [0.3, 0.4) is 0 Å². The van der Waals surface area contributed by atoms with Crippen molar-refractivity contribution in [3.05, 3.63) is 70.8 Å². The Bertz CT molecular complexity index is 714. The fourth-order valence-electron chi connectivity index (χ4n) is 2.03. The summed E-state index contributed by atoms with van der Waals surface area (Å²) >= 11 is 0. The van der Waals surface area contributed by atoms with Crippen molar-refractivity contribution in [3.8, 4) is 6.07 Å². The normalized spacial score (nSPS) is 11.0. The molecular weight excluding hydrogens is 279 g/mol. The molecule has 0 saturated carbocycles. The predicted octanol–water partition coefficient (Wildman–Crippen LogP) is 4.00. The summed E-state index contributed by atoms with van der Waals surface area (Å²) in [5.41, 5.74) is -0.625. The second-order valence-corrected chi connectivity index (χ2v) is 4.41. The molecule has 0 N–H and O–H groups in total. The minimum Gasteiger partial charge on any atom is -0.294 e. The number of hydrogen-bond donors (Lipinski definition) is 0. The monoisotopic (exact) mass is 289 g/mol. The van der Waals surface area contributed by atoms with Gasteiger partial charge in [0.05, 0.1) is 17.2 Å². The molecule has 2 rings (SSSR count). The largest absolute Gasteiger partial charge is 0.417 e. The van der Waals surface area contributed by atoms with E-state index < -0.39 is 17.5 Å². The van der Waals surface area contributed by atoms with Gasteiger partial charge in [0.2, 0.25) is 0 Å². The number of carbonyl (C=O) groups is 1. The van der Waals surface area contributed by atoms with E-state index in [1.165, 1.54) is 18.2 Å². The van der Waals surface area contributed by atoms with Gasteiger partial charge in [0.15, 0.2) is 5.78 Å². The summed E-state index contributed by atoms with van der Waals surface area (Å²) in [6.45, 7) is 0. The molecule has 2 aromatic carbocycles. The Hall–Kier alpha value is -2.61. The van der Waals surface area contributed by atoms with E-state index >= 15 is 0 Å². The van der Waals surface area contributed by atoms with Crippen LogP contribution in [0.5, 0.6) is 0 Å². The first-order chi connectivity index (χ1) is 9.93. The molecule has 0 heterocycles. The molecule has 2 nitrogen and oxygen atoms in total. The molecule has 0 fully saturated rings. The smallest absolute Gasteiger partial charge is 0.294 e. The Kier molecular flexibility index (Phi) is 4.08. The highest BCUT2D eigenvalue weighted by Gasteiger charge is 2.34. The number of hydrogen-bond acceptors (Lipinski definition) is 2. The van der Waals surface area contributed by atoms with Gasteiger partial charge in [-0.2, -0.15) is 18.4 Å². The van der Waals surface area contributed by atoms with Crippen LogP contribution < -0.4 is 0 Å². The summed E-state index contributed by atoms with van der Waals surface area (Å²) in [7, 11) is 0. The van der Waals surface area contributed by atoms with Crippen molar-refractivity contribution in [1.82, 2.24) is 0 Å². The lowest BCUT2D eigenvalue weighted by Crippen LogP contribution is -2.14. The topological polar surface area (TPSA) is 40.9 Å². The van der Waals surface area contributed by atoms with E-state index in [1.54, 1.807) is 18.2 Å². The summed E-state index contributed by atoms with van der Waals surface area (Å²) in [4.78, 5) is 12.1. The molecule has 0 radical (unpaired) electrons. The minimum absolute atomic E-state index is 0.239. The standard InChI is InChI=1S/C16H10F3NO/c17-16(18,19)14-8-4-3-7-13(14)15(21)9-11-5-1-2-6-12(11)10-20/h1-8H,9H2. The van der Waals surface area contributed by atoms with Crippen LogP contribution in [0, 0.1) is 11.3 Å². The van der Waals surface area contributed by atoms with E-state index in [1.807, 2.05) is 6.07 Å². The highest BCUT2D eigenvalue weighted by atomic mass is 19.4. The number of ketones is 1. The SMILES string of the molecule is N#Cc1ccccc1CC(=O)c1ccccc1C(F)(F)F. The number of nitrogens with zero attached hydrogens (tertiary/aromatic N) is 1. The van der Waals surface area contributed by atoms with Gasteiger partial charge in [-0.3, -0.25) is 4.79 Å². The second-order valence-electron chi connectivity index (χ2n) is 4.41. The summed E-state index contributed by atoms with van der Waals surface area (Å²) in [5, 5.41) is 8.94. The van der Waals surface area contributed by atoms with Crippen molar-refractivity contribution in [1.29, 1.82) is 5.26 Å². The first-order valence-electron chi connectivity index (χ1n) is 6.11. The maximum Gasteiger partial charge on any atom is 0.417 e. The van der Waals surface area contributed by atoms with Crippen molar-refractivity contribution in [2.75, 3.05) is 0 Å². The predicted molar refractivity (Wildman–Crippen MR) is 70.6 cm³/mol. The van der Waals surface area contributed by atoms with Gasteiger partial charge in [0, 0.05) is 12.0 Å². The summed E-state index contributed by atoms with van der Waals surface area (Å²) in [5.74, 6) is -0.661. The van der Waals surface area contributed by atoms with Crippen molar-refractivity contribution in [3.63, 3.8) is 0 Å². The van der Waals surface area contributed by atoms with E-state index in [0.29, 0.717) is 5.56 Å². The van der Waals surface area contributed by atoms with Crippen molar-refractivity contribution < 1.29 is 18.0 Å². The molecule has 2 aromatic rings. The van der Waals surface area contributed by atoms with Gasteiger partial charge in [-0.15, -0.1) is 0 Å². The van der Waals surface area contributed by atoms with Crippen molar-refractivity contribution in [2.45, 2.75) is 12.6 Å². The molecule has 0 amide bonds. The molecule has 0 aromatic heterocycles. The van der Waals surface area contributed by atoms with Gasteiger partial charge in [0.1, 0.15) is 0 Å².